The molecule has 4 nitrogen and oxygen atoms in total. The number of halogens is 2. The molecule has 7 heteroatoms. The first-order chi connectivity index (χ1) is 7.19. The van der Waals surface area contributed by atoms with E-state index in [0.717, 1.165) is 10.9 Å². The average Bonchev–Trinajstić information content (AvgIpc) is 2.25. The molecule has 0 heterocycles. The van der Waals surface area contributed by atoms with E-state index in [1.807, 2.05) is 12.1 Å². The molecular formula is C8H7Br2O4P. The molecule has 0 aromatic heterocycles. The van der Waals surface area contributed by atoms with Gasteiger partial charge in [-0.3, -0.25) is 0 Å². The molecule has 0 aliphatic rings. The Hall–Kier alpha value is 0.160. The lowest BCUT2D eigenvalue weighted by atomic mass is 10.1. The number of hydrogen-bond acceptors (Lipinski definition) is 4. The second-order valence-corrected chi connectivity index (χ2v) is 4.30. The van der Waals surface area contributed by atoms with Crippen molar-refractivity contribution in [2.75, 3.05) is 0 Å². The first kappa shape index (κ1) is 13.2. The summed E-state index contributed by atoms with van der Waals surface area (Å²) >= 11 is 6.60. The summed E-state index contributed by atoms with van der Waals surface area (Å²) in [6.45, 7) is 0. The standard InChI is InChI=1S/C8H7Br2O4P/c9-4-5-1-2-6(7(10)3-5)8(11)13-14-15-12/h1-3,8,11H,4H2. The van der Waals surface area contributed by atoms with Crippen molar-refractivity contribution in [3.05, 3.63) is 33.8 Å². The number of rotatable bonds is 5. The molecule has 0 radical (unpaired) electrons. The first-order valence-electron chi connectivity index (χ1n) is 3.86. The highest BCUT2D eigenvalue weighted by molar-refractivity contribution is 9.10. The molecular weight excluding hydrogens is 351 g/mol. The lowest BCUT2D eigenvalue weighted by molar-refractivity contribution is -0.305. The lowest BCUT2D eigenvalue weighted by Gasteiger charge is -2.10. The van der Waals surface area contributed by atoms with Crippen LogP contribution in [0.4, 0.5) is 0 Å². The van der Waals surface area contributed by atoms with Crippen molar-refractivity contribution >= 4 is 40.5 Å². The monoisotopic (exact) mass is 356 g/mol. The molecule has 1 N–H and O–H groups in total. The fourth-order valence-electron chi connectivity index (χ4n) is 0.964. The van der Waals surface area contributed by atoms with Gasteiger partial charge in [-0.25, -0.2) is 4.57 Å². The zero-order valence-corrected chi connectivity index (χ0v) is 11.5. The number of aliphatic hydroxyl groups is 1. The Kier molecular flexibility index (Phi) is 5.89. The van der Waals surface area contributed by atoms with Crippen molar-refractivity contribution in [1.82, 2.24) is 0 Å². The van der Waals surface area contributed by atoms with Gasteiger partial charge in [0.15, 0.2) is 0 Å². The van der Waals surface area contributed by atoms with Gasteiger partial charge in [-0.15, -0.1) is 4.67 Å². The van der Waals surface area contributed by atoms with E-state index in [0.29, 0.717) is 10.0 Å². The maximum absolute atomic E-state index is 9.95. The summed E-state index contributed by atoms with van der Waals surface area (Å²) in [7, 11) is -0.641. The fraction of sp³-hybridized carbons (Fsp3) is 0.250. The molecule has 0 amide bonds. The summed E-state index contributed by atoms with van der Waals surface area (Å²) in [5.41, 5.74) is 1.56. The second kappa shape index (κ2) is 6.68. The van der Waals surface area contributed by atoms with Gasteiger partial charge < -0.3 is 5.11 Å². The SMILES string of the molecule is O=POOC(O)c1ccc(CBr)cc1Br. The van der Waals surface area contributed by atoms with E-state index >= 15 is 0 Å². The Bertz CT molecular complexity index is 347. The summed E-state index contributed by atoms with van der Waals surface area (Å²) in [4.78, 5) is 4.42. The van der Waals surface area contributed by atoms with Crippen LogP contribution in [0, 0.1) is 0 Å². The van der Waals surface area contributed by atoms with Gasteiger partial charge in [0.1, 0.15) is 0 Å². The number of benzene rings is 1. The molecule has 1 rings (SSSR count). The largest absolute Gasteiger partial charge is 0.362 e. The normalized spacial score (nSPS) is 13.0. The highest BCUT2D eigenvalue weighted by Gasteiger charge is 2.13. The smallest absolute Gasteiger partial charge is 0.358 e. The van der Waals surface area contributed by atoms with E-state index in [9.17, 15) is 9.67 Å². The highest BCUT2D eigenvalue weighted by Crippen LogP contribution is 2.27. The zero-order valence-electron chi connectivity index (χ0n) is 7.39. The van der Waals surface area contributed by atoms with Gasteiger partial charge in [-0.2, -0.15) is 4.89 Å². The number of hydrogen-bond donors (Lipinski definition) is 1. The zero-order chi connectivity index (χ0) is 11.3. The van der Waals surface area contributed by atoms with Crippen molar-refractivity contribution in [3.63, 3.8) is 0 Å². The molecule has 0 aliphatic heterocycles. The third kappa shape index (κ3) is 3.90. The predicted octanol–water partition coefficient (Wildman–Crippen LogP) is 3.49. The van der Waals surface area contributed by atoms with Crippen LogP contribution in [0.2, 0.25) is 0 Å². The van der Waals surface area contributed by atoms with E-state index in [2.05, 4.69) is 41.4 Å². The lowest BCUT2D eigenvalue weighted by Crippen LogP contribution is -2.02. The number of aliphatic hydroxyl groups excluding tert-OH is 1. The first-order valence-corrected chi connectivity index (χ1v) is 6.51. The van der Waals surface area contributed by atoms with Crippen LogP contribution >= 0.6 is 40.5 Å². The molecule has 0 aliphatic carbocycles. The van der Waals surface area contributed by atoms with Gasteiger partial charge in [0.2, 0.25) is 6.29 Å². The topological polar surface area (TPSA) is 55.8 Å². The van der Waals surface area contributed by atoms with Crippen molar-refractivity contribution in [2.24, 2.45) is 0 Å². The minimum atomic E-state index is -1.27. The van der Waals surface area contributed by atoms with Gasteiger partial charge >= 0.3 is 8.69 Å². The predicted molar refractivity (Wildman–Crippen MR) is 61.5 cm³/mol. The van der Waals surface area contributed by atoms with Gasteiger partial charge in [-0.05, 0) is 11.6 Å². The molecule has 1 unspecified atom stereocenters. The van der Waals surface area contributed by atoms with E-state index < -0.39 is 15.0 Å². The maximum Gasteiger partial charge on any atom is 0.358 e. The molecule has 15 heavy (non-hydrogen) atoms. The maximum atomic E-state index is 9.95. The highest BCUT2D eigenvalue weighted by atomic mass is 79.9. The van der Waals surface area contributed by atoms with E-state index in [-0.39, 0.29) is 0 Å². The molecule has 0 saturated carbocycles. The minimum Gasteiger partial charge on any atom is -0.362 e. The summed E-state index contributed by atoms with van der Waals surface area (Å²) in [6.07, 6.45) is -1.27. The van der Waals surface area contributed by atoms with Crippen LogP contribution in [0.5, 0.6) is 0 Å². The van der Waals surface area contributed by atoms with Crippen molar-refractivity contribution in [3.8, 4) is 0 Å². The van der Waals surface area contributed by atoms with E-state index in [4.69, 9.17) is 0 Å². The van der Waals surface area contributed by atoms with E-state index in [1.54, 1.807) is 6.07 Å². The molecule has 0 spiro atoms. The Morgan fingerprint density at radius 3 is 2.80 bits per heavy atom. The molecule has 1 aromatic rings. The second-order valence-electron chi connectivity index (χ2n) is 2.59. The van der Waals surface area contributed by atoms with Crippen molar-refractivity contribution in [1.29, 1.82) is 0 Å². The molecule has 0 saturated heterocycles. The Morgan fingerprint density at radius 2 is 2.27 bits per heavy atom. The Balaban J connectivity index is 2.80. The molecule has 1 atom stereocenters. The van der Waals surface area contributed by atoms with Crippen molar-refractivity contribution < 1.29 is 19.2 Å². The summed E-state index contributed by atoms with van der Waals surface area (Å²) in [5, 5.41) is 10.2. The molecule has 1 aromatic carbocycles. The van der Waals surface area contributed by atoms with E-state index in [1.165, 1.54) is 0 Å². The van der Waals surface area contributed by atoms with Crippen LogP contribution in [0.3, 0.4) is 0 Å². The van der Waals surface area contributed by atoms with Crippen LogP contribution in [-0.4, -0.2) is 5.11 Å². The molecule has 0 fully saturated rings. The average molecular weight is 358 g/mol. The Labute approximate surface area is 105 Å². The Morgan fingerprint density at radius 1 is 1.53 bits per heavy atom. The quantitative estimate of drug-likeness (QED) is 0.288. The fourth-order valence-corrected chi connectivity index (χ4v) is 2.05. The van der Waals surface area contributed by atoms with Crippen molar-refractivity contribution in [2.45, 2.75) is 11.6 Å². The van der Waals surface area contributed by atoms with Crippen LogP contribution < -0.4 is 0 Å². The summed E-state index contributed by atoms with van der Waals surface area (Å²) in [5.74, 6) is 0. The summed E-state index contributed by atoms with van der Waals surface area (Å²) in [6, 6.07) is 5.36. The molecule has 0 bridgehead atoms. The van der Waals surface area contributed by atoms with Gasteiger partial charge in [0.25, 0.3) is 0 Å². The van der Waals surface area contributed by atoms with Crippen LogP contribution in [-0.2, 0) is 19.5 Å². The number of alkyl halides is 1. The van der Waals surface area contributed by atoms with Crippen LogP contribution in [0.1, 0.15) is 17.4 Å². The minimum absolute atomic E-state index is 0.503. The van der Waals surface area contributed by atoms with Gasteiger partial charge in [0, 0.05) is 15.4 Å². The van der Waals surface area contributed by atoms with Gasteiger partial charge in [-0.1, -0.05) is 44.0 Å². The van der Waals surface area contributed by atoms with Crippen LogP contribution in [0.25, 0.3) is 0 Å². The van der Waals surface area contributed by atoms with Crippen LogP contribution in [0.15, 0.2) is 22.7 Å². The molecule has 82 valence electrons. The van der Waals surface area contributed by atoms with Gasteiger partial charge in [0.05, 0.1) is 0 Å². The summed E-state index contributed by atoms with van der Waals surface area (Å²) < 4.78 is 14.7. The third-order valence-corrected chi connectivity index (χ3v) is 3.13. The third-order valence-electron chi connectivity index (χ3n) is 1.65.